The highest BCUT2D eigenvalue weighted by Gasteiger charge is 2.20. The van der Waals surface area contributed by atoms with Crippen LogP contribution in [0.2, 0.25) is 0 Å². The summed E-state index contributed by atoms with van der Waals surface area (Å²) < 4.78 is 0. The molecule has 2 aromatic heterocycles. The van der Waals surface area contributed by atoms with Gasteiger partial charge in [-0.25, -0.2) is 4.98 Å². The Morgan fingerprint density at radius 2 is 2.04 bits per heavy atom. The number of hydrogen-bond acceptors (Lipinski definition) is 6. The first-order chi connectivity index (χ1) is 11.6. The average Bonchev–Trinajstić information content (AvgIpc) is 3.22. The number of nitrogens with one attached hydrogen (secondary N) is 1. The quantitative estimate of drug-likeness (QED) is 0.770. The second-order valence-corrected chi connectivity index (χ2v) is 6.51. The molecule has 0 aliphatic heterocycles. The largest absolute Gasteiger partial charge is 0.302 e. The standard InChI is InChI=1S/C16H18N6OS/c1-4-22-20-14(19-21-22)13-12(11-8-6-5-7-9-11)17-16(24-13)18-15(23)10(2)3/h5-10H,4H2,1-3H3,(H,17,18,23). The summed E-state index contributed by atoms with van der Waals surface area (Å²) in [4.78, 5) is 18.9. The highest BCUT2D eigenvalue weighted by Crippen LogP contribution is 2.37. The van der Waals surface area contributed by atoms with Crippen LogP contribution in [0.3, 0.4) is 0 Å². The molecule has 0 radical (unpaired) electrons. The summed E-state index contributed by atoms with van der Waals surface area (Å²) >= 11 is 1.36. The Hall–Kier alpha value is -2.61. The maximum Gasteiger partial charge on any atom is 0.228 e. The van der Waals surface area contributed by atoms with Crippen LogP contribution < -0.4 is 5.32 Å². The fourth-order valence-corrected chi connectivity index (χ4v) is 2.95. The van der Waals surface area contributed by atoms with Crippen LogP contribution in [0.1, 0.15) is 20.8 Å². The Morgan fingerprint density at radius 3 is 2.67 bits per heavy atom. The summed E-state index contributed by atoms with van der Waals surface area (Å²) in [5.41, 5.74) is 1.69. The number of tetrazole rings is 1. The van der Waals surface area contributed by atoms with Gasteiger partial charge in [-0.3, -0.25) is 4.79 Å². The first-order valence-electron chi connectivity index (χ1n) is 7.73. The van der Waals surface area contributed by atoms with Gasteiger partial charge in [-0.15, -0.1) is 10.2 Å². The van der Waals surface area contributed by atoms with Crippen molar-refractivity contribution in [3.8, 4) is 22.0 Å². The van der Waals surface area contributed by atoms with E-state index in [9.17, 15) is 4.79 Å². The van der Waals surface area contributed by atoms with Crippen LogP contribution in [0.25, 0.3) is 22.0 Å². The van der Waals surface area contributed by atoms with Gasteiger partial charge in [0, 0.05) is 11.5 Å². The zero-order valence-corrected chi connectivity index (χ0v) is 14.5. The van der Waals surface area contributed by atoms with Crippen LogP contribution in [0.4, 0.5) is 5.13 Å². The lowest BCUT2D eigenvalue weighted by atomic mass is 10.1. The number of thiazole rings is 1. The number of carbonyl (C=O) groups is 1. The van der Waals surface area contributed by atoms with Crippen molar-refractivity contribution in [1.29, 1.82) is 0 Å². The van der Waals surface area contributed by atoms with Gasteiger partial charge in [-0.05, 0) is 12.1 Å². The predicted octanol–water partition coefficient (Wildman–Crippen LogP) is 3.08. The van der Waals surface area contributed by atoms with E-state index in [0.29, 0.717) is 17.5 Å². The molecule has 1 aromatic carbocycles. The number of aryl methyl sites for hydroxylation is 1. The minimum Gasteiger partial charge on any atom is -0.302 e. The van der Waals surface area contributed by atoms with Crippen LogP contribution in [0, 0.1) is 5.92 Å². The number of rotatable bonds is 5. The molecule has 0 atom stereocenters. The van der Waals surface area contributed by atoms with Crippen LogP contribution in [0.5, 0.6) is 0 Å². The van der Waals surface area contributed by atoms with Gasteiger partial charge in [0.1, 0.15) is 4.88 Å². The molecule has 24 heavy (non-hydrogen) atoms. The van der Waals surface area contributed by atoms with E-state index in [1.165, 1.54) is 16.1 Å². The van der Waals surface area contributed by atoms with Crippen molar-refractivity contribution in [1.82, 2.24) is 25.2 Å². The normalized spacial score (nSPS) is 11.0. The fourth-order valence-electron chi connectivity index (χ4n) is 2.03. The molecule has 3 rings (SSSR count). The molecule has 1 N–H and O–H groups in total. The third kappa shape index (κ3) is 3.33. The second-order valence-electron chi connectivity index (χ2n) is 5.51. The molecular formula is C16H18N6OS. The van der Waals surface area contributed by atoms with Gasteiger partial charge >= 0.3 is 0 Å². The minimum atomic E-state index is -0.114. The third-order valence-electron chi connectivity index (χ3n) is 3.37. The van der Waals surface area contributed by atoms with Crippen molar-refractivity contribution in [2.24, 2.45) is 5.92 Å². The van der Waals surface area contributed by atoms with Gasteiger partial charge in [-0.2, -0.15) is 4.80 Å². The zero-order chi connectivity index (χ0) is 17.1. The first-order valence-corrected chi connectivity index (χ1v) is 8.55. The fraction of sp³-hybridized carbons (Fsp3) is 0.312. The van der Waals surface area contributed by atoms with Crippen LogP contribution >= 0.6 is 11.3 Å². The van der Waals surface area contributed by atoms with Crippen LogP contribution in [0.15, 0.2) is 30.3 Å². The molecule has 0 fully saturated rings. The van der Waals surface area contributed by atoms with Crippen molar-refractivity contribution in [2.75, 3.05) is 5.32 Å². The van der Waals surface area contributed by atoms with Gasteiger partial charge in [-0.1, -0.05) is 55.5 Å². The third-order valence-corrected chi connectivity index (χ3v) is 4.33. The van der Waals surface area contributed by atoms with Crippen molar-refractivity contribution in [2.45, 2.75) is 27.3 Å². The second kappa shape index (κ2) is 6.88. The maximum atomic E-state index is 12.0. The Morgan fingerprint density at radius 1 is 1.29 bits per heavy atom. The van der Waals surface area contributed by atoms with Crippen LogP contribution in [-0.2, 0) is 11.3 Å². The lowest BCUT2D eigenvalue weighted by molar-refractivity contribution is -0.118. The molecule has 0 saturated carbocycles. The SMILES string of the molecule is CCn1nnc(-c2sc(NC(=O)C(C)C)nc2-c2ccccc2)n1. The van der Waals surface area contributed by atoms with E-state index >= 15 is 0 Å². The monoisotopic (exact) mass is 342 g/mol. The number of amides is 1. The highest BCUT2D eigenvalue weighted by atomic mass is 32.1. The van der Waals surface area contributed by atoms with E-state index in [1.807, 2.05) is 51.1 Å². The number of benzene rings is 1. The Labute approximate surface area is 143 Å². The summed E-state index contributed by atoms with van der Waals surface area (Å²) in [6.45, 7) is 6.28. The van der Waals surface area contributed by atoms with Gasteiger partial charge < -0.3 is 5.32 Å². The molecule has 7 nitrogen and oxygen atoms in total. The maximum absolute atomic E-state index is 12.0. The van der Waals surface area contributed by atoms with Gasteiger partial charge in [0.05, 0.1) is 12.2 Å². The molecule has 0 unspecified atom stereocenters. The van der Waals surface area contributed by atoms with Crippen molar-refractivity contribution in [3.05, 3.63) is 30.3 Å². The van der Waals surface area contributed by atoms with E-state index in [4.69, 9.17) is 0 Å². The molecule has 2 heterocycles. The molecule has 1 amide bonds. The molecule has 124 valence electrons. The van der Waals surface area contributed by atoms with Crippen molar-refractivity contribution < 1.29 is 4.79 Å². The van der Waals surface area contributed by atoms with Crippen LogP contribution in [-0.4, -0.2) is 31.1 Å². The number of nitrogens with zero attached hydrogens (tertiary/aromatic N) is 5. The lowest BCUT2D eigenvalue weighted by Gasteiger charge is -2.03. The minimum absolute atomic E-state index is 0.0694. The first kappa shape index (κ1) is 16.3. The van der Waals surface area contributed by atoms with Crippen molar-refractivity contribution >= 4 is 22.4 Å². The molecule has 0 saturated heterocycles. The van der Waals surface area contributed by atoms with E-state index in [2.05, 4.69) is 25.7 Å². The van der Waals surface area contributed by atoms with Gasteiger partial charge in [0.15, 0.2) is 5.13 Å². The average molecular weight is 342 g/mol. The summed E-state index contributed by atoms with van der Waals surface area (Å²) in [6.07, 6.45) is 0. The number of carbonyl (C=O) groups excluding carboxylic acids is 1. The van der Waals surface area contributed by atoms with E-state index < -0.39 is 0 Å². The predicted molar refractivity (Wildman–Crippen MR) is 93.5 cm³/mol. The Balaban J connectivity index is 2.04. The van der Waals surface area contributed by atoms with E-state index in [1.54, 1.807) is 0 Å². The molecule has 0 aliphatic carbocycles. The lowest BCUT2D eigenvalue weighted by Crippen LogP contribution is -2.17. The molecule has 0 spiro atoms. The van der Waals surface area contributed by atoms with Crippen molar-refractivity contribution in [3.63, 3.8) is 0 Å². The van der Waals surface area contributed by atoms with E-state index in [-0.39, 0.29) is 11.8 Å². The van der Waals surface area contributed by atoms with E-state index in [0.717, 1.165) is 16.1 Å². The Kier molecular flexibility index (Phi) is 4.66. The summed E-state index contributed by atoms with van der Waals surface area (Å²) in [7, 11) is 0. The number of anilines is 1. The van der Waals surface area contributed by atoms with Gasteiger partial charge in [0.25, 0.3) is 0 Å². The Bertz CT molecular complexity index is 839. The number of hydrogen-bond donors (Lipinski definition) is 1. The van der Waals surface area contributed by atoms with Gasteiger partial charge in [0.2, 0.25) is 11.7 Å². The highest BCUT2D eigenvalue weighted by molar-refractivity contribution is 7.19. The molecule has 0 aliphatic rings. The summed E-state index contributed by atoms with van der Waals surface area (Å²) in [5, 5.41) is 15.9. The topological polar surface area (TPSA) is 85.6 Å². The molecule has 8 heteroatoms. The molecule has 3 aromatic rings. The molecular weight excluding hydrogens is 324 g/mol. The smallest absolute Gasteiger partial charge is 0.228 e. The molecule has 0 bridgehead atoms. The summed E-state index contributed by atoms with van der Waals surface area (Å²) in [5.74, 6) is 0.329. The summed E-state index contributed by atoms with van der Waals surface area (Å²) in [6, 6.07) is 9.78. The number of aromatic nitrogens is 5. The zero-order valence-electron chi connectivity index (χ0n) is 13.7.